The molecule has 4 aromatic rings. The van der Waals surface area contributed by atoms with Crippen LogP contribution in [0.5, 0.6) is 17.2 Å². The van der Waals surface area contributed by atoms with Gasteiger partial charge < -0.3 is 23.9 Å². The molecule has 158 valence electrons. The highest BCUT2D eigenvalue weighted by atomic mass is 16.5. The maximum atomic E-state index is 13.4. The average Bonchev–Trinajstić information content (AvgIpc) is 3.32. The smallest absolute Gasteiger partial charge is 0.256 e. The maximum Gasteiger partial charge on any atom is 0.256 e. The fourth-order valence-corrected chi connectivity index (χ4v) is 3.47. The van der Waals surface area contributed by atoms with E-state index >= 15 is 0 Å². The molecule has 2 heterocycles. The molecule has 2 aromatic heterocycles. The molecule has 0 saturated heterocycles. The molecule has 7 heteroatoms. The van der Waals surface area contributed by atoms with E-state index in [1.54, 1.807) is 36.6 Å². The molecule has 1 N–H and O–H groups in total. The first-order chi connectivity index (χ1) is 15.0. The van der Waals surface area contributed by atoms with Gasteiger partial charge in [0, 0.05) is 5.39 Å². The van der Waals surface area contributed by atoms with Gasteiger partial charge in [-0.25, -0.2) is 4.98 Å². The number of aromatic nitrogens is 1. The highest BCUT2D eigenvalue weighted by Crippen LogP contribution is 2.42. The Morgan fingerprint density at radius 1 is 0.968 bits per heavy atom. The second-order valence-corrected chi connectivity index (χ2v) is 6.89. The van der Waals surface area contributed by atoms with Crippen LogP contribution in [0.4, 0.5) is 5.69 Å². The number of amides is 1. The van der Waals surface area contributed by atoms with Crippen LogP contribution in [0.2, 0.25) is 0 Å². The average molecular weight is 418 g/mol. The van der Waals surface area contributed by atoms with Gasteiger partial charge in [0.05, 0.1) is 44.4 Å². The lowest BCUT2D eigenvalue weighted by Gasteiger charge is -2.17. The third-order valence-corrected chi connectivity index (χ3v) is 4.93. The number of benzene rings is 2. The minimum Gasteiger partial charge on any atom is -0.493 e. The highest BCUT2D eigenvalue weighted by Gasteiger charge is 2.20. The third kappa shape index (κ3) is 3.77. The summed E-state index contributed by atoms with van der Waals surface area (Å²) in [5.41, 5.74) is 3.23. The summed E-state index contributed by atoms with van der Waals surface area (Å²) in [5, 5.41) is 3.67. The molecule has 7 nitrogen and oxygen atoms in total. The second kappa shape index (κ2) is 8.39. The number of carbonyl (C=O) groups excluding carboxylic acids is 1. The van der Waals surface area contributed by atoms with Gasteiger partial charge in [0.2, 0.25) is 5.75 Å². The number of rotatable bonds is 6. The molecule has 0 aliphatic carbocycles. The molecule has 0 unspecified atom stereocenters. The van der Waals surface area contributed by atoms with E-state index in [0.29, 0.717) is 45.5 Å². The number of methoxy groups -OCH3 is 3. The molecule has 0 fully saturated rings. The molecule has 2 aromatic carbocycles. The summed E-state index contributed by atoms with van der Waals surface area (Å²) >= 11 is 0. The fourth-order valence-electron chi connectivity index (χ4n) is 3.47. The molecule has 0 radical (unpaired) electrons. The van der Waals surface area contributed by atoms with Gasteiger partial charge in [-0.1, -0.05) is 11.6 Å². The van der Waals surface area contributed by atoms with E-state index in [1.165, 1.54) is 21.3 Å². The first kappa shape index (κ1) is 20.3. The Hall–Kier alpha value is -4.00. The number of nitrogens with one attached hydrogen (secondary N) is 1. The second-order valence-electron chi connectivity index (χ2n) is 6.89. The van der Waals surface area contributed by atoms with Gasteiger partial charge in [-0.05, 0) is 49.4 Å². The van der Waals surface area contributed by atoms with Crippen molar-refractivity contribution in [2.24, 2.45) is 0 Å². The number of pyridine rings is 1. The Morgan fingerprint density at radius 3 is 2.45 bits per heavy atom. The van der Waals surface area contributed by atoms with Gasteiger partial charge in [-0.15, -0.1) is 0 Å². The Bertz CT molecular complexity index is 1250. The zero-order valence-corrected chi connectivity index (χ0v) is 17.7. The van der Waals surface area contributed by atoms with Crippen LogP contribution in [-0.2, 0) is 0 Å². The lowest BCUT2D eigenvalue weighted by atomic mass is 10.0. The van der Waals surface area contributed by atoms with Crippen LogP contribution in [-0.4, -0.2) is 32.2 Å². The van der Waals surface area contributed by atoms with Crippen molar-refractivity contribution in [3.8, 4) is 28.7 Å². The maximum absolute atomic E-state index is 13.4. The standard InChI is InChI=1S/C24H22N2O5/c1-14-7-8-17-15(12-14)16(13-19(25-17)20-6-5-11-31-20)24(27)26-18-9-10-21(28-2)23(30-4)22(18)29-3/h5-13H,1-4H3,(H,26,27). The largest absolute Gasteiger partial charge is 0.493 e. The Balaban J connectivity index is 1.82. The van der Waals surface area contributed by atoms with Crippen molar-refractivity contribution in [3.63, 3.8) is 0 Å². The SMILES string of the molecule is COc1ccc(NC(=O)c2cc(-c3ccco3)nc3ccc(C)cc23)c(OC)c1OC. The number of ether oxygens (including phenoxy) is 3. The van der Waals surface area contributed by atoms with Gasteiger partial charge in [0.25, 0.3) is 5.91 Å². The first-order valence-electron chi connectivity index (χ1n) is 9.61. The van der Waals surface area contributed by atoms with Crippen molar-refractivity contribution in [1.29, 1.82) is 0 Å². The van der Waals surface area contributed by atoms with Gasteiger partial charge >= 0.3 is 0 Å². The zero-order valence-electron chi connectivity index (χ0n) is 17.7. The number of hydrogen-bond acceptors (Lipinski definition) is 6. The zero-order chi connectivity index (χ0) is 22.0. The molecule has 31 heavy (non-hydrogen) atoms. The van der Waals surface area contributed by atoms with Crippen LogP contribution in [0, 0.1) is 6.92 Å². The number of furan rings is 1. The van der Waals surface area contributed by atoms with Crippen LogP contribution in [0.3, 0.4) is 0 Å². The predicted molar refractivity (Wildman–Crippen MR) is 118 cm³/mol. The van der Waals surface area contributed by atoms with Crippen LogP contribution < -0.4 is 19.5 Å². The van der Waals surface area contributed by atoms with E-state index in [4.69, 9.17) is 18.6 Å². The summed E-state index contributed by atoms with van der Waals surface area (Å²) in [4.78, 5) is 18.0. The number of fused-ring (bicyclic) bond motifs is 1. The fraction of sp³-hybridized carbons (Fsp3) is 0.167. The van der Waals surface area contributed by atoms with Crippen LogP contribution in [0.1, 0.15) is 15.9 Å². The van der Waals surface area contributed by atoms with E-state index in [9.17, 15) is 4.79 Å². The summed E-state index contributed by atoms with van der Waals surface area (Å²) in [6, 6.07) is 14.5. The van der Waals surface area contributed by atoms with Crippen LogP contribution in [0.25, 0.3) is 22.4 Å². The van der Waals surface area contributed by atoms with Gasteiger partial charge in [0.15, 0.2) is 17.3 Å². The predicted octanol–water partition coefficient (Wildman–Crippen LogP) is 5.08. The van der Waals surface area contributed by atoms with Crippen molar-refractivity contribution in [1.82, 2.24) is 4.98 Å². The molecular weight excluding hydrogens is 396 g/mol. The third-order valence-electron chi connectivity index (χ3n) is 4.93. The van der Waals surface area contributed by atoms with Gasteiger partial charge in [0.1, 0.15) is 5.69 Å². The Morgan fingerprint density at radius 2 is 1.77 bits per heavy atom. The molecule has 0 aliphatic heterocycles. The summed E-state index contributed by atoms with van der Waals surface area (Å²) in [6.45, 7) is 1.97. The molecule has 0 aliphatic rings. The molecule has 0 spiro atoms. The minimum absolute atomic E-state index is 0.309. The van der Waals surface area contributed by atoms with E-state index in [2.05, 4.69) is 10.3 Å². The van der Waals surface area contributed by atoms with Crippen LogP contribution >= 0.6 is 0 Å². The van der Waals surface area contributed by atoms with Crippen molar-refractivity contribution >= 4 is 22.5 Å². The molecule has 0 bridgehead atoms. The summed E-state index contributed by atoms with van der Waals surface area (Å²) in [6.07, 6.45) is 1.57. The van der Waals surface area contributed by atoms with Crippen molar-refractivity contribution < 1.29 is 23.4 Å². The molecule has 0 atom stereocenters. The van der Waals surface area contributed by atoms with E-state index in [-0.39, 0.29) is 5.91 Å². The van der Waals surface area contributed by atoms with E-state index < -0.39 is 0 Å². The van der Waals surface area contributed by atoms with E-state index in [1.807, 2.05) is 25.1 Å². The molecular formula is C24H22N2O5. The summed E-state index contributed by atoms with van der Waals surface area (Å²) < 4.78 is 21.7. The number of aryl methyl sites for hydroxylation is 1. The lowest BCUT2D eigenvalue weighted by Crippen LogP contribution is -2.14. The normalized spacial score (nSPS) is 10.7. The number of nitrogens with zero attached hydrogens (tertiary/aromatic N) is 1. The molecule has 1 amide bonds. The monoisotopic (exact) mass is 418 g/mol. The lowest BCUT2D eigenvalue weighted by molar-refractivity contribution is 0.102. The van der Waals surface area contributed by atoms with Gasteiger partial charge in [-0.2, -0.15) is 0 Å². The Kier molecular flexibility index (Phi) is 5.49. The topological polar surface area (TPSA) is 82.8 Å². The van der Waals surface area contributed by atoms with Gasteiger partial charge in [-0.3, -0.25) is 4.79 Å². The minimum atomic E-state index is -0.309. The van der Waals surface area contributed by atoms with Crippen LogP contribution in [0.15, 0.2) is 59.2 Å². The number of anilines is 1. The molecule has 0 saturated carbocycles. The van der Waals surface area contributed by atoms with Crippen molar-refractivity contribution in [3.05, 3.63) is 65.9 Å². The summed E-state index contributed by atoms with van der Waals surface area (Å²) in [7, 11) is 4.56. The van der Waals surface area contributed by atoms with E-state index in [0.717, 1.165) is 10.9 Å². The van der Waals surface area contributed by atoms with Crippen molar-refractivity contribution in [2.45, 2.75) is 6.92 Å². The number of carbonyl (C=O) groups is 1. The quantitative estimate of drug-likeness (QED) is 0.470. The highest BCUT2D eigenvalue weighted by molar-refractivity contribution is 6.13. The Labute approximate surface area is 179 Å². The molecule has 4 rings (SSSR count). The number of hydrogen-bond donors (Lipinski definition) is 1. The summed E-state index contributed by atoms with van der Waals surface area (Å²) in [5.74, 6) is 1.55. The first-order valence-corrected chi connectivity index (χ1v) is 9.61. The van der Waals surface area contributed by atoms with Crippen molar-refractivity contribution in [2.75, 3.05) is 26.6 Å².